The normalized spacial score (nSPS) is 16.1. The lowest BCUT2D eigenvalue weighted by Crippen LogP contribution is -2.25. The van der Waals surface area contributed by atoms with Crippen molar-refractivity contribution in [1.29, 1.82) is 0 Å². The molecule has 0 saturated heterocycles. The van der Waals surface area contributed by atoms with Gasteiger partial charge >= 0.3 is 6.55 Å². The first-order chi connectivity index (χ1) is 17.5. The zero-order chi connectivity index (χ0) is 26.5. The topological polar surface area (TPSA) is 143 Å². The number of anilines is 4. The summed E-state index contributed by atoms with van der Waals surface area (Å²) in [5, 5.41) is 22.5. The zero-order valence-corrected chi connectivity index (χ0v) is 17.7. The van der Waals surface area contributed by atoms with Crippen molar-refractivity contribution in [3.05, 3.63) is 29.7 Å². The minimum Gasteiger partial charge on any atom is -0.365 e. The fourth-order valence-electron chi connectivity index (χ4n) is 3.75. The molecule has 1 saturated carbocycles. The van der Waals surface area contributed by atoms with E-state index in [1.807, 2.05) is 5.32 Å². The van der Waals surface area contributed by atoms with E-state index in [0.29, 0.717) is 21.6 Å². The Bertz CT molecular complexity index is 1390. The fraction of sp³-hybridized carbons (Fsp3) is 0.350. The van der Waals surface area contributed by atoms with Gasteiger partial charge < -0.3 is 20.9 Å². The maximum Gasteiger partial charge on any atom is 0.335 e. The lowest BCUT2D eigenvalue weighted by Gasteiger charge is -2.29. The molecule has 1 fully saturated rings. The van der Waals surface area contributed by atoms with Crippen LogP contribution in [0, 0.1) is 5.92 Å². The number of carbonyl (C=O) groups is 2. The average molecular weight is 473 g/mol. The zero-order valence-electron chi connectivity index (χ0n) is 20.7. The summed E-state index contributed by atoms with van der Waals surface area (Å²) in [7, 11) is 1.70. The van der Waals surface area contributed by atoms with Crippen LogP contribution in [0.15, 0.2) is 18.3 Å². The highest BCUT2D eigenvalue weighted by molar-refractivity contribution is 6.00. The number of halogens is 2. The van der Waals surface area contributed by atoms with Crippen molar-refractivity contribution in [2.75, 3.05) is 29.6 Å². The second-order valence-corrected chi connectivity index (χ2v) is 7.85. The van der Waals surface area contributed by atoms with E-state index in [1.54, 1.807) is 11.9 Å². The largest absolute Gasteiger partial charge is 0.365 e. The second kappa shape index (κ2) is 8.28. The molecule has 0 aromatic carbocycles. The van der Waals surface area contributed by atoms with Crippen LogP contribution in [0.4, 0.5) is 31.8 Å². The smallest absolute Gasteiger partial charge is 0.335 e. The summed E-state index contributed by atoms with van der Waals surface area (Å²) in [6, 6.07) is 2.85. The summed E-state index contributed by atoms with van der Waals surface area (Å²) >= 11 is 0. The van der Waals surface area contributed by atoms with E-state index >= 15 is 0 Å². The van der Waals surface area contributed by atoms with Gasteiger partial charge in [-0.3, -0.25) is 9.59 Å². The molecule has 1 aliphatic carbocycles. The average Bonchev–Trinajstić information content (AvgIpc) is 3.57. The van der Waals surface area contributed by atoms with Gasteiger partial charge in [0.25, 0.3) is 5.91 Å². The van der Waals surface area contributed by atoms with Gasteiger partial charge in [-0.15, -0.1) is 15.3 Å². The molecule has 3 aromatic rings. The minimum absolute atomic E-state index is 0.0107. The number of alkyl halides is 2. The fourth-order valence-corrected chi connectivity index (χ4v) is 3.75. The predicted molar refractivity (Wildman–Crippen MR) is 117 cm³/mol. The summed E-state index contributed by atoms with van der Waals surface area (Å²) in [5.41, 5.74) is 0.855. The molecule has 0 spiro atoms. The molecule has 0 bridgehead atoms. The van der Waals surface area contributed by atoms with Crippen molar-refractivity contribution < 1.29 is 22.5 Å². The molecule has 2 amide bonds. The Balaban J connectivity index is 1.56. The van der Waals surface area contributed by atoms with Crippen molar-refractivity contribution in [2.45, 2.75) is 25.9 Å². The maximum absolute atomic E-state index is 13.6. The van der Waals surface area contributed by atoms with E-state index in [9.17, 15) is 18.4 Å². The molecule has 34 heavy (non-hydrogen) atoms. The van der Waals surface area contributed by atoms with Gasteiger partial charge in [-0.05, 0) is 18.9 Å². The van der Waals surface area contributed by atoms with Crippen LogP contribution in [-0.2, 0) is 11.3 Å². The number of nitrogens with one attached hydrogen (secondary N) is 3. The van der Waals surface area contributed by atoms with Gasteiger partial charge in [0, 0.05) is 41.9 Å². The van der Waals surface area contributed by atoms with Crippen LogP contribution in [0.5, 0.6) is 0 Å². The predicted octanol–water partition coefficient (Wildman–Crippen LogP) is 1.93. The van der Waals surface area contributed by atoms with E-state index in [-0.39, 0.29) is 47.1 Å². The highest BCUT2D eigenvalue weighted by Crippen LogP contribution is 2.43. The second-order valence-electron chi connectivity index (χ2n) is 7.85. The number of nitrogens with zero attached hydrogens (tertiary/aromatic N) is 7. The van der Waals surface area contributed by atoms with Crippen molar-refractivity contribution in [3.63, 3.8) is 0 Å². The number of rotatable bonds is 6. The van der Waals surface area contributed by atoms with Gasteiger partial charge in [0.2, 0.25) is 5.91 Å². The Morgan fingerprint density at radius 2 is 2.09 bits per heavy atom. The molecule has 2 aliphatic rings. The van der Waals surface area contributed by atoms with E-state index < -0.39 is 19.4 Å². The van der Waals surface area contributed by atoms with Crippen LogP contribution < -0.4 is 20.9 Å². The van der Waals surface area contributed by atoms with E-state index in [4.69, 9.17) is 4.11 Å². The van der Waals surface area contributed by atoms with Crippen LogP contribution in [0.1, 0.15) is 39.7 Å². The number of aromatic nitrogens is 6. The molecule has 3 aromatic heterocycles. The lowest BCUT2D eigenvalue weighted by atomic mass is 10.0. The van der Waals surface area contributed by atoms with Gasteiger partial charge in [-0.25, -0.2) is 4.98 Å². The summed E-state index contributed by atoms with van der Waals surface area (Å²) in [5.74, 6) is -1.24. The highest BCUT2D eigenvalue weighted by atomic mass is 19.3. The molecule has 0 unspecified atom stereocenters. The van der Waals surface area contributed by atoms with E-state index in [0.717, 1.165) is 12.8 Å². The first-order valence-electron chi connectivity index (χ1n) is 11.7. The summed E-state index contributed by atoms with van der Waals surface area (Å²) in [6.07, 6.45) is 2.88. The summed E-state index contributed by atoms with van der Waals surface area (Å²) in [6.45, 7) is -5.57. The number of amides is 2. The number of fused-ring (bicyclic) bond motifs is 3. The highest BCUT2D eigenvalue weighted by Gasteiger charge is 2.32. The maximum atomic E-state index is 13.6. The monoisotopic (exact) mass is 473 g/mol. The van der Waals surface area contributed by atoms with Gasteiger partial charge in [-0.2, -0.15) is 13.5 Å². The molecule has 1 aliphatic heterocycles. The van der Waals surface area contributed by atoms with Crippen molar-refractivity contribution >= 4 is 34.8 Å². The Labute approximate surface area is 196 Å². The minimum atomic E-state index is -2.92. The third kappa shape index (κ3) is 3.76. The first kappa shape index (κ1) is 18.2. The van der Waals surface area contributed by atoms with Crippen molar-refractivity contribution in [2.24, 2.45) is 5.92 Å². The molecule has 4 heterocycles. The molecule has 0 atom stereocenters. The van der Waals surface area contributed by atoms with E-state index in [1.165, 1.54) is 18.3 Å². The third-order valence-corrected chi connectivity index (χ3v) is 5.47. The number of hydrogen-bond acceptors (Lipinski definition) is 9. The molecule has 0 radical (unpaired) electrons. The summed E-state index contributed by atoms with van der Waals surface area (Å²) < 4.78 is 49.7. The molecule has 5 rings (SSSR count). The van der Waals surface area contributed by atoms with Gasteiger partial charge in [0.1, 0.15) is 11.4 Å². The van der Waals surface area contributed by atoms with Gasteiger partial charge in [-0.1, -0.05) is 5.21 Å². The Morgan fingerprint density at radius 3 is 2.82 bits per heavy atom. The molecule has 176 valence electrons. The van der Waals surface area contributed by atoms with Gasteiger partial charge in [0.05, 0.1) is 17.9 Å². The molecule has 14 heteroatoms. The van der Waals surface area contributed by atoms with Crippen LogP contribution in [0.2, 0.25) is 0 Å². The van der Waals surface area contributed by atoms with Crippen LogP contribution in [-0.4, -0.2) is 56.0 Å². The molecular formula is C20H20F2N10O2. The summed E-state index contributed by atoms with van der Waals surface area (Å²) in [4.78, 5) is 30.9. The molecular weight excluding hydrogens is 450 g/mol. The van der Waals surface area contributed by atoms with Crippen LogP contribution in [0.3, 0.4) is 0 Å². The lowest BCUT2D eigenvalue weighted by molar-refractivity contribution is -0.117. The number of pyridine rings is 1. The molecule has 3 N–H and O–H groups in total. The number of hydrogen-bond donors (Lipinski definition) is 3. The Morgan fingerprint density at radius 1 is 1.26 bits per heavy atom. The number of carbonyl (C=O) groups excluding carboxylic acids is 2. The van der Waals surface area contributed by atoms with Crippen LogP contribution >= 0.6 is 0 Å². The van der Waals surface area contributed by atoms with Crippen molar-refractivity contribution in [1.82, 2.24) is 35.5 Å². The quantitative estimate of drug-likeness (QED) is 0.489. The Hall–Kier alpha value is -4.23. The standard InChI is InChI=1S/C20H20F2N10O2/c1-23-19(34)14-11(7-13(28-29-14)26-18(33)9-3-4-9)25-17-16-10(5-6-24-17)15-12(8-31(16)2)27-30-32(15)20(21)22/h5-7,9,20H,3-4,8H2,1-2H3,(H,23,34)(H2,24,25,26,28,33)/i1D3. The van der Waals surface area contributed by atoms with Gasteiger partial charge in [0.15, 0.2) is 17.3 Å². The van der Waals surface area contributed by atoms with Crippen LogP contribution in [0.25, 0.3) is 11.3 Å². The molecule has 12 nitrogen and oxygen atoms in total. The SMILES string of the molecule is [2H]C([2H])([2H])NC(=O)c1nnc(NC(=O)C2CC2)cc1Nc1nccc2c1N(C)Cc1nnn(C(F)F)c1-2. The van der Waals surface area contributed by atoms with Crippen molar-refractivity contribution in [3.8, 4) is 11.3 Å². The third-order valence-electron chi connectivity index (χ3n) is 5.47. The Kier molecular flexibility index (Phi) is 4.44. The van der Waals surface area contributed by atoms with E-state index in [2.05, 4.69) is 36.1 Å². The first-order valence-corrected chi connectivity index (χ1v) is 10.2.